The van der Waals surface area contributed by atoms with Crippen LogP contribution in [0.4, 0.5) is 4.39 Å². The van der Waals surface area contributed by atoms with E-state index in [0.717, 1.165) is 12.8 Å². The van der Waals surface area contributed by atoms with Gasteiger partial charge in [-0.25, -0.2) is 4.39 Å². The molecule has 1 saturated carbocycles. The monoisotopic (exact) mass is 223 g/mol. The second kappa shape index (κ2) is 3.81. The van der Waals surface area contributed by atoms with Crippen LogP contribution in [0, 0.1) is 11.2 Å². The molecule has 1 N–H and O–H groups in total. The van der Waals surface area contributed by atoms with E-state index in [2.05, 4.69) is 18.8 Å². The van der Waals surface area contributed by atoms with Crippen molar-refractivity contribution in [2.24, 2.45) is 5.41 Å². The lowest BCUT2D eigenvalue weighted by atomic mass is 9.69. The van der Waals surface area contributed by atoms with Gasteiger partial charge < -0.3 is 5.11 Å². The lowest BCUT2D eigenvalue weighted by Gasteiger charge is -2.40. The highest BCUT2D eigenvalue weighted by Crippen LogP contribution is 2.44. The van der Waals surface area contributed by atoms with Gasteiger partial charge in [0, 0.05) is 11.8 Å². The minimum absolute atomic E-state index is 0.285. The molecule has 1 aliphatic carbocycles. The first-order valence-electron chi connectivity index (χ1n) is 5.75. The summed E-state index contributed by atoms with van der Waals surface area (Å²) in [6.45, 7) is 4.41. The summed E-state index contributed by atoms with van der Waals surface area (Å²) in [4.78, 5) is 3.81. The quantitative estimate of drug-likeness (QED) is 0.794. The van der Waals surface area contributed by atoms with Crippen molar-refractivity contribution in [3.05, 3.63) is 29.8 Å². The Labute approximate surface area is 95.5 Å². The zero-order valence-electron chi connectivity index (χ0n) is 9.83. The van der Waals surface area contributed by atoms with Crippen LogP contribution in [0.15, 0.2) is 18.5 Å². The second-order valence-electron chi connectivity index (χ2n) is 5.59. The van der Waals surface area contributed by atoms with Gasteiger partial charge in [0.2, 0.25) is 0 Å². The Morgan fingerprint density at radius 1 is 1.19 bits per heavy atom. The molecule has 1 aromatic rings. The van der Waals surface area contributed by atoms with E-state index in [4.69, 9.17) is 0 Å². The van der Waals surface area contributed by atoms with Crippen LogP contribution < -0.4 is 0 Å². The lowest BCUT2D eigenvalue weighted by Crippen LogP contribution is -2.34. The van der Waals surface area contributed by atoms with Crippen LogP contribution in [0.1, 0.15) is 45.1 Å². The van der Waals surface area contributed by atoms with Gasteiger partial charge in [-0.2, -0.15) is 0 Å². The van der Waals surface area contributed by atoms with Crippen molar-refractivity contribution in [2.45, 2.75) is 45.1 Å². The van der Waals surface area contributed by atoms with Crippen LogP contribution in [0.5, 0.6) is 0 Å². The molecule has 1 aliphatic rings. The molecule has 2 nitrogen and oxygen atoms in total. The molecule has 16 heavy (non-hydrogen) atoms. The molecule has 0 saturated heterocycles. The molecule has 0 atom stereocenters. The number of nitrogens with zero attached hydrogens (tertiary/aromatic N) is 1. The lowest BCUT2D eigenvalue weighted by molar-refractivity contribution is -0.0310. The van der Waals surface area contributed by atoms with Gasteiger partial charge in [0.15, 0.2) is 0 Å². The van der Waals surface area contributed by atoms with Crippen molar-refractivity contribution < 1.29 is 9.50 Å². The van der Waals surface area contributed by atoms with Gasteiger partial charge in [-0.05, 0) is 37.2 Å². The number of aromatic nitrogens is 1. The molecule has 0 spiro atoms. The molecular formula is C13H18FNO. The van der Waals surface area contributed by atoms with E-state index in [1.807, 2.05) is 0 Å². The molecule has 0 amide bonds. The van der Waals surface area contributed by atoms with Crippen molar-refractivity contribution in [2.75, 3.05) is 0 Å². The van der Waals surface area contributed by atoms with E-state index in [1.165, 1.54) is 12.3 Å². The summed E-state index contributed by atoms with van der Waals surface area (Å²) in [7, 11) is 0. The summed E-state index contributed by atoms with van der Waals surface area (Å²) in [5, 5.41) is 10.5. The third-order valence-electron chi connectivity index (χ3n) is 3.67. The van der Waals surface area contributed by atoms with Crippen LogP contribution in [-0.4, -0.2) is 10.1 Å². The molecule has 0 bridgehead atoms. The summed E-state index contributed by atoms with van der Waals surface area (Å²) in [6.07, 6.45) is 6.03. The Balaban J connectivity index is 2.21. The number of pyridine rings is 1. The fourth-order valence-electron chi connectivity index (χ4n) is 2.30. The first kappa shape index (κ1) is 11.5. The number of halogens is 1. The average molecular weight is 223 g/mol. The third-order valence-corrected chi connectivity index (χ3v) is 3.67. The molecule has 0 aromatic carbocycles. The predicted molar refractivity (Wildman–Crippen MR) is 60.3 cm³/mol. The Hall–Kier alpha value is -0.960. The highest BCUT2D eigenvalue weighted by Gasteiger charge is 2.38. The zero-order chi connectivity index (χ0) is 11.8. The van der Waals surface area contributed by atoms with Crippen molar-refractivity contribution >= 4 is 0 Å². The summed E-state index contributed by atoms with van der Waals surface area (Å²) in [5.41, 5.74) is 0.0143. The van der Waals surface area contributed by atoms with E-state index in [0.29, 0.717) is 18.4 Å². The summed E-state index contributed by atoms with van der Waals surface area (Å²) in [6, 6.07) is 1.39. The summed E-state index contributed by atoms with van der Waals surface area (Å²) < 4.78 is 13.1. The molecule has 3 heteroatoms. The Morgan fingerprint density at radius 2 is 1.81 bits per heavy atom. The number of hydrogen-bond donors (Lipinski definition) is 1. The molecule has 0 aliphatic heterocycles. The molecular weight excluding hydrogens is 205 g/mol. The average Bonchev–Trinajstić information content (AvgIpc) is 2.23. The van der Waals surface area contributed by atoms with E-state index >= 15 is 0 Å². The predicted octanol–water partition coefficient (Wildman–Crippen LogP) is 3.01. The van der Waals surface area contributed by atoms with Gasteiger partial charge in [0.1, 0.15) is 5.82 Å². The van der Waals surface area contributed by atoms with Crippen molar-refractivity contribution in [3.8, 4) is 0 Å². The maximum atomic E-state index is 13.1. The number of rotatable bonds is 1. The molecule has 1 heterocycles. The maximum absolute atomic E-state index is 13.1. The molecule has 1 fully saturated rings. The minimum atomic E-state index is -0.884. The van der Waals surface area contributed by atoms with E-state index < -0.39 is 5.60 Å². The second-order valence-corrected chi connectivity index (χ2v) is 5.59. The smallest absolute Gasteiger partial charge is 0.141 e. The standard InChI is InChI=1S/C13H18FNO/c1-12(2)3-5-13(16,6-4-12)10-7-11(14)9-15-8-10/h7-9,16H,3-6H2,1-2H3. The van der Waals surface area contributed by atoms with E-state index in [9.17, 15) is 9.50 Å². The normalized spacial score (nSPS) is 23.0. The Morgan fingerprint density at radius 3 is 2.38 bits per heavy atom. The molecule has 0 unspecified atom stereocenters. The van der Waals surface area contributed by atoms with Crippen LogP contribution in [0.25, 0.3) is 0 Å². The fourth-order valence-corrected chi connectivity index (χ4v) is 2.30. The van der Waals surface area contributed by atoms with Crippen LogP contribution >= 0.6 is 0 Å². The maximum Gasteiger partial charge on any atom is 0.141 e. The fraction of sp³-hybridized carbons (Fsp3) is 0.615. The van der Waals surface area contributed by atoms with Crippen molar-refractivity contribution in [1.82, 2.24) is 4.98 Å². The SMILES string of the molecule is CC1(C)CCC(O)(c2cncc(F)c2)CC1. The highest BCUT2D eigenvalue weighted by molar-refractivity contribution is 5.20. The van der Waals surface area contributed by atoms with E-state index in [-0.39, 0.29) is 11.2 Å². The minimum Gasteiger partial charge on any atom is -0.385 e. The van der Waals surface area contributed by atoms with Crippen molar-refractivity contribution in [3.63, 3.8) is 0 Å². The van der Waals surface area contributed by atoms with Crippen LogP contribution in [0.3, 0.4) is 0 Å². The van der Waals surface area contributed by atoms with Gasteiger partial charge in [0.25, 0.3) is 0 Å². The van der Waals surface area contributed by atoms with Gasteiger partial charge in [-0.15, -0.1) is 0 Å². The third kappa shape index (κ3) is 2.24. The number of aliphatic hydroxyl groups is 1. The molecule has 1 aromatic heterocycles. The van der Waals surface area contributed by atoms with Gasteiger partial charge in [-0.1, -0.05) is 13.8 Å². The van der Waals surface area contributed by atoms with Gasteiger partial charge in [0.05, 0.1) is 11.8 Å². The topological polar surface area (TPSA) is 33.1 Å². The summed E-state index contributed by atoms with van der Waals surface area (Å²) in [5.74, 6) is -0.379. The first-order chi connectivity index (χ1) is 7.41. The highest BCUT2D eigenvalue weighted by atomic mass is 19.1. The first-order valence-corrected chi connectivity index (χ1v) is 5.75. The number of hydrogen-bond acceptors (Lipinski definition) is 2. The molecule has 88 valence electrons. The Bertz CT molecular complexity index is 379. The largest absolute Gasteiger partial charge is 0.385 e. The molecule has 0 radical (unpaired) electrons. The summed E-state index contributed by atoms with van der Waals surface area (Å²) >= 11 is 0. The van der Waals surface area contributed by atoms with Gasteiger partial charge >= 0.3 is 0 Å². The van der Waals surface area contributed by atoms with E-state index in [1.54, 1.807) is 6.20 Å². The Kier molecular flexibility index (Phi) is 2.74. The van der Waals surface area contributed by atoms with Gasteiger partial charge in [-0.3, -0.25) is 4.98 Å². The molecule has 2 rings (SSSR count). The van der Waals surface area contributed by atoms with Crippen molar-refractivity contribution in [1.29, 1.82) is 0 Å². The zero-order valence-corrected chi connectivity index (χ0v) is 9.83. The van der Waals surface area contributed by atoms with Crippen LogP contribution in [-0.2, 0) is 5.60 Å². The van der Waals surface area contributed by atoms with Crippen LogP contribution in [0.2, 0.25) is 0 Å².